The van der Waals surface area contributed by atoms with Gasteiger partial charge in [0.15, 0.2) is 5.13 Å². The second-order valence-corrected chi connectivity index (χ2v) is 10.3. The molecule has 0 radical (unpaired) electrons. The lowest BCUT2D eigenvalue weighted by Gasteiger charge is -2.35. The predicted molar refractivity (Wildman–Crippen MR) is 118 cm³/mol. The van der Waals surface area contributed by atoms with Crippen LogP contribution in [0.25, 0.3) is 10.2 Å². The monoisotopic (exact) mass is 445 g/mol. The molecule has 2 saturated heterocycles. The minimum Gasteiger partial charge on any atom is -0.379 e. The van der Waals surface area contributed by atoms with Crippen LogP contribution in [-0.4, -0.2) is 75.2 Å². The molecule has 8 nitrogen and oxygen atoms in total. The van der Waals surface area contributed by atoms with Gasteiger partial charge in [-0.3, -0.25) is 0 Å². The van der Waals surface area contributed by atoms with Crippen molar-refractivity contribution in [1.29, 1.82) is 0 Å². The van der Waals surface area contributed by atoms with E-state index >= 15 is 0 Å². The Balaban J connectivity index is 1.25. The molecule has 5 rings (SSSR count). The highest BCUT2D eigenvalue weighted by Crippen LogP contribution is 2.29. The summed E-state index contributed by atoms with van der Waals surface area (Å²) in [5.74, 6) is 0.805. The average molecular weight is 446 g/mol. The van der Waals surface area contributed by atoms with E-state index in [1.54, 1.807) is 23.5 Å². The van der Waals surface area contributed by atoms with E-state index in [1.165, 1.54) is 15.2 Å². The minimum absolute atomic E-state index is 0.237. The number of hydrogen-bond donors (Lipinski definition) is 0. The Kier molecular flexibility index (Phi) is 5.32. The van der Waals surface area contributed by atoms with Crippen LogP contribution >= 0.6 is 11.3 Å². The van der Waals surface area contributed by atoms with E-state index in [0.29, 0.717) is 26.3 Å². The number of anilines is 2. The van der Waals surface area contributed by atoms with E-state index in [1.807, 2.05) is 18.2 Å². The summed E-state index contributed by atoms with van der Waals surface area (Å²) in [6.07, 6.45) is 1.47. The number of sulfonamides is 1. The van der Waals surface area contributed by atoms with Crippen molar-refractivity contribution in [3.05, 3.63) is 42.6 Å². The molecule has 2 aliphatic rings. The molecule has 0 atom stereocenters. The zero-order valence-electron chi connectivity index (χ0n) is 16.5. The summed E-state index contributed by atoms with van der Waals surface area (Å²) in [5, 5.41) is 1.05. The topological polar surface area (TPSA) is 78.9 Å². The van der Waals surface area contributed by atoms with Crippen LogP contribution in [0.5, 0.6) is 0 Å². The second kappa shape index (κ2) is 8.10. The van der Waals surface area contributed by atoms with E-state index < -0.39 is 10.0 Å². The third kappa shape index (κ3) is 3.76. The van der Waals surface area contributed by atoms with Crippen molar-refractivity contribution in [2.75, 3.05) is 62.3 Å². The number of para-hydroxylation sites is 1. The van der Waals surface area contributed by atoms with Crippen LogP contribution in [0, 0.1) is 0 Å². The highest BCUT2D eigenvalue weighted by molar-refractivity contribution is 7.89. The maximum atomic E-state index is 12.8. The molecule has 2 aliphatic heterocycles. The van der Waals surface area contributed by atoms with Gasteiger partial charge in [-0.2, -0.15) is 4.31 Å². The van der Waals surface area contributed by atoms with E-state index in [9.17, 15) is 8.42 Å². The van der Waals surface area contributed by atoms with Gasteiger partial charge in [-0.15, -0.1) is 0 Å². The van der Waals surface area contributed by atoms with E-state index in [2.05, 4.69) is 20.9 Å². The number of aromatic nitrogens is 2. The van der Waals surface area contributed by atoms with Crippen LogP contribution in [0.3, 0.4) is 0 Å². The number of ether oxygens (including phenoxy) is 1. The third-order valence-electron chi connectivity index (χ3n) is 5.49. The van der Waals surface area contributed by atoms with Gasteiger partial charge in [-0.1, -0.05) is 23.5 Å². The van der Waals surface area contributed by atoms with E-state index in [-0.39, 0.29) is 4.90 Å². The van der Waals surface area contributed by atoms with Gasteiger partial charge in [0.1, 0.15) is 10.7 Å². The number of pyridine rings is 1. The van der Waals surface area contributed by atoms with Crippen molar-refractivity contribution in [3.8, 4) is 0 Å². The molecule has 0 N–H and O–H groups in total. The van der Waals surface area contributed by atoms with Crippen LogP contribution in [0.2, 0.25) is 0 Å². The lowest BCUT2D eigenvalue weighted by Crippen LogP contribution is -2.46. The number of fused-ring (bicyclic) bond motifs is 1. The van der Waals surface area contributed by atoms with Gasteiger partial charge in [0.2, 0.25) is 10.0 Å². The van der Waals surface area contributed by atoms with E-state index in [0.717, 1.165) is 42.6 Å². The molecule has 0 unspecified atom stereocenters. The Bertz CT molecular complexity index is 1090. The third-order valence-corrected chi connectivity index (χ3v) is 8.46. The number of thiazole rings is 1. The molecular weight excluding hydrogens is 422 g/mol. The van der Waals surface area contributed by atoms with Gasteiger partial charge in [-0.25, -0.2) is 18.4 Å². The summed E-state index contributed by atoms with van der Waals surface area (Å²) >= 11 is 1.72. The first-order valence-corrected chi connectivity index (χ1v) is 12.3. The molecule has 30 heavy (non-hydrogen) atoms. The van der Waals surface area contributed by atoms with Gasteiger partial charge in [0.05, 0.1) is 23.4 Å². The molecule has 0 aliphatic carbocycles. The standard InChI is InChI=1S/C20H23N5O3S2/c26-30(27,25-11-13-28-14-12-25)16-5-6-19(21-15-16)23-7-9-24(10-8-23)20-22-17-3-1-2-4-18(17)29-20/h1-6,15H,7-14H2. The maximum absolute atomic E-state index is 12.8. The van der Waals surface area contributed by atoms with Crippen molar-refractivity contribution < 1.29 is 13.2 Å². The van der Waals surface area contributed by atoms with Crippen molar-refractivity contribution in [2.24, 2.45) is 0 Å². The quantitative estimate of drug-likeness (QED) is 0.608. The SMILES string of the molecule is O=S(=O)(c1ccc(N2CCN(c3nc4ccccc4s3)CC2)nc1)N1CCOCC1. The highest BCUT2D eigenvalue weighted by atomic mass is 32.2. The van der Waals surface area contributed by atoms with Gasteiger partial charge >= 0.3 is 0 Å². The number of morpholine rings is 1. The van der Waals surface area contributed by atoms with Crippen LogP contribution in [0.4, 0.5) is 10.9 Å². The van der Waals surface area contributed by atoms with Crippen molar-refractivity contribution in [1.82, 2.24) is 14.3 Å². The maximum Gasteiger partial charge on any atom is 0.244 e. The molecule has 2 fully saturated rings. The molecule has 0 bridgehead atoms. The predicted octanol–water partition coefficient (Wildman–Crippen LogP) is 2.04. The Morgan fingerprint density at radius 3 is 2.33 bits per heavy atom. The molecule has 0 amide bonds. The van der Waals surface area contributed by atoms with Gasteiger partial charge < -0.3 is 14.5 Å². The molecule has 158 valence electrons. The Hall–Kier alpha value is -2.27. The Labute approximate surface area is 179 Å². The average Bonchev–Trinajstić information content (AvgIpc) is 3.24. The highest BCUT2D eigenvalue weighted by Gasteiger charge is 2.27. The lowest BCUT2D eigenvalue weighted by molar-refractivity contribution is 0.0730. The largest absolute Gasteiger partial charge is 0.379 e. The molecule has 0 saturated carbocycles. The van der Waals surface area contributed by atoms with Crippen molar-refractivity contribution in [2.45, 2.75) is 4.90 Å². The van der Waals surface area contributed by atoms with E-state index in [4.69, 9.17) is 9.72 Å². The lowest BCUT2D eigenvalue weighted by atomic mass is 10.3. The fourth-order valence-electron chi connectivity index (χ4n) is 3.77. The van der Waals surface area contributed by atoms with Crippen molar-refractivity contribution >= 4 is 42.5 Å². The van der Waals surface area contributed by atoms with Gasteiger partial charge in [-0.05, 0) is 24.3 Å². The number of hydrogen-bond acceptors (Lipinski definition) is 8. The molecule has 3 aromatic rings. The first-order chi connectivity index (χ1) is 14.6. The van der Waals surface area contributed by atoms with Crippen LogP contribution in [0.15, 0.2) is 47.5 Å². The molecule has 4 heterocycles. The summed E-state index contributed by atoms with van der Waals surface area (Å²) in [6, 6.07) is 11.7. The summed E-state index contributed by atoms with van der Waals surface area (Å²) in [4.78, 5) is 13.9. The Morgan fingerprint density at radius 1 is 0.900 bits per heavy atom. The van der Waals surface area contributed by atoms with Gasteiger partial charge in [0, 0.05) is 45.5 Å². The minimum atomic E-state index is -3.51. The molecule has 0 spiro atoms. The Morgan fingerprint density at radius 2 is 1.63 bits per heavy atom. The second-order valence-electron chi connectivity index (χ2n) is 7.31. The summed E-state index contributed by atoms with van der Waals surface area (Å²) < 4.78 is 33.4. The smallest absolute Gasteiger partial charge is 0.244 e. The number of nitrogens with zero attached hydrogens (tertiary/aromatic N) is 5. The first kappa shape index (κ1) is 19.7. The fourth-order valence-corrected chi connectivity index (χ4v) is 6.14. The molecular formula is C20H23N5O3S2. The zero-order valence-corrected chi connectivity index (χ0v) is 18.1. The fraction of sp³-hybridized carbons (Fsp3) is 0.400. The number of piperazine rings is 1. The summed E-state index contributed by atoms with van der Waals surface area (Å²) in [6.45, 7) is 4.99. The zero-order chi connectivity index (χ0) is 20.6. The molecule has 10 heteroatoms. The number of benzene rings is 1. The normalized spacial score (nSPS) is 18.8. The number of rotatable bonds is 4. The molecule has 2 aromatic heterocycles. The summed E-state index contributed by atoms with van der Waals surface area (Å²) in [7, 11) is -3.51. The molecule has 1 aromatic carbocycles. The van der Waals surface area contributed by atoms with Crippen molar-refractivity contribution in [3.63, 3.8) is 0 Å². The van der Waals surface area contributed by atoms with Crippen LogP contribution in [0.1, 0.15) is 0 Å². The summed E-state index contributed by atoms with van der Waals surface area (Å²) in [5.41, 5.74) is 1.04. The van der Waals surface area contributed by atoms with Crippen LogP contribution in [-0.2, 0) is 14.8 Å². The van der Waals surface area contributed by atoms with Crippen LogP contribution < -0.4 is 9.80 Å². The van der Waals surface area contributed by atoms with Gasteiger partial charge in [0.25, 0.3) is 0 Å². The first-order valence-electron chi connectivity index (χ1n) is 10.0.